The zero-order valence-electron chi connectivity index (χ0n) is 11.0. The number of hydrogen-bond donors (Lipinski definition) is 1. The molecule has 1 aromatic heterocycles. The average molecular weight is 238 g/mol. The molecule has 5 heteroatoms. The average Bonchev–Trinajstić information content (AvgIpc) is 2.75. The molecule has 0 amide bonds. The van der Waals surface area contributed by atoms with Gasteiger partial charge in [-0.1, -0.05) is 25.9 Å². The van der Waals surface area contributed by atoms with Gasteiger partial charge in [-0.2, -0.15) is 0 Å². The Morgan fingerprint density at radius 2 is 2.00 bits per heavy atom. The van der Waals surface area contributed by atoms with Gasteiger partial charge in [0.1, 0.15) is 0 Å². The fourth-order valence-corrected chi connectivity index (χ4v) is 1.98. The van der Waals surface area contributed by atoms with Crippen LogP contribution in [0.3, 0.4) is 0 Å². The van der Waals surface area contributed by atoms with Gasteiger partial charge in [-0.3, -0.25) is 0 Å². The van der Waals surface area contributed by atoms with Gasteiger partial charge in [-0.15, -0.1) is 5.10 Å². The minimum atomic E-state index is 0.448. The summed E-state index contributed by atoms with van der Waals surface area (Å²) in [5.41, 5.74) is 0.448. The summed E-state index contributed by atoms with van der Waals surface area (Å²) in [6, 6.07) is 0.674. The third-order valence-electron chi connectivity index (χ3n) is 3.37. The third-order valence-corrected chi connectivity index (χ3v) is 3.37. The summed E-state index contributed by atoms with van der Waals surface area (Å²) in [6.07, 6.45) is 2.36. The first-order valence-electron chi connectivity index (χ1n) is 6.39. The van der Waals surface area contributed by atoms with Crippen molar-refractivity contribution in [3.05, 3.63) is 5.89 Å². The van der Waals surface area contributed by atoms with E-state index in [4.69, 9.17) is 4.42 Å². The highest BCUT2D eigenvalue weighted by molar-refractivity contribution is 5.25. The number of hydrogen-bond acceptors (Lipinski definition) is 5. The smallest absolute Gasteiger partial charge is 0.318 e. The molecule has 0 aromatic carbocycles. The molecule has 2 rings (SSSR count). The van der Waals surface area contributed by atoms with Gasteiger partial charge in [0.25, 0.3) is 0 Å². The van der Waals surface area contributed by atoms with E-state index in [1.807, 2.05) is 0 Å². The van der Waals surface area contributed by atoms with E-state index in [-0.39, 0.29) is 0 Å². The summed E-state index contributed by atoms with van der Waals surface area (Å²) in [5, 5.41) is 11.3. The maximum Gasteiger partial charge on any atom is 0.318 e. The first-order chi connectivity index (χ1) is 8.11. The molecule has 1 fully saturated rings. The third kappa shape index (κ3) is 3.19. The number of nitrogens with one attached hydrogen (secondary N) is 1. The van der Waals surface area contributed by atoms with Gasteiger partial charge >= 0.3 is 6.01 Å². The van der Waals surface area contributed by atoms with Crippen LogP contribution in [0.2, 0.25) is 0 Å². The van der Waals surface area contributed by atoms with Crippen LogP contribution < -0.4 is 10.2 Å². The van der Waals surface area contributed by atoms with Crippen LogP contribution in [0, 0.1) is 5.41 Å². The number of nitrogens with zero attached hydrogens (tertiary/aromatic N) is 3. The van der Waals surface area contributed by atoms with Crippen molar-refractivity contribution in [2.75, 3.05) is 24.5 Å². The molecule has 1 N–H and O–H groups in total. The van der Waals surface area contributed by atoms with Crippen LogP contribution in [-0.2, 0) is 6.54 Å². The number of piperidine rings is 1. The second-order valence-corrected chi connectivity index (χ2v) is 5.41. The van der Waals surface area contributed by atoms with Crippen molar-refractivity contribution in [3.63, 3.8) is 0 Å². The van der Waals surface area contributed by atoms with Crippen LogP contribution in [0.4, 0.5) is 6.01 Å². The predicted octanol–water partition coefficient (Wildman–Crippen LogP) is 1.81. The van der Waals surface area contributed by atoms with Crippen LogP contribution in [0.25, 0.3) is 0 Å². The second kappa shape index (κ2) is 5.04. The predicted molar refractivity (Wildman–Crippen MR) is 66.9 cm³/mol. The van der Waals surface area contributed by atoms with Crippen LogP contribution >= 0.6 is 0 Å². The van der Waals surface area contributed by atoms with Gasteiger partial charge in [0.05, 0.1) is 6.54 Å². The Balaban J connectivity index is 1.92. The van der Waals surface area contributed by atoms with E-state index in [0.717, 1.165) is 19.6 Å². The number of rotatable bonds is 4. The minimum absolute atomic E-state index is 0.448. The first-order valence-corrected chi connectivity index (χ1v) is 6.39. The molecule has 96 valence electrons. The molecule has 0 radical (unpaired) electrons. The van der Waals surface area contributed by atoms with Gasteiger partial charge in [0, 0.05) is 13.1 Å². The second-order valence-electron chi connectivity index (χ2n) is 5.41. The maximum absolute atomic E-state index is 5.63. The van der Waals surface area contributed by atoms with Crippen molar-refractivity contribution in [2.24, 2.45) is 5.41 Å². The summed E-state index contributed by atoms with van der Waals surface area (Å²) in [4.78, 5) is 2.19. The molecule has 0 unspecified atom stereocenters. The molecule has 0 saturated carbocycles. The number of anilines is 1. The first kappa shape index (κ1) is 12.4. The molecular weight excluding hydrogens is 216 g/mol. The van der Waals surface area contributed by atoms with E-state index in [1.165, 1.54) is 12.8 Å². The molecule has 1 aromatic rings. The Labute approximate surface area is 103 Å². The molecule has 1 aliphatic heterocycles. The van der Waals surface area contributed by atoms with Crippen molar-refractivity contribution >= 4 is 6.01 Å². The van der Waals surface area contributed by atoms with Crippen molar-refractivity contribution in [3.8, 4) is 0 Å². The SMILES string of the molecule is CCNCc1nnc(N2CCC(C)(C)CC2)o1. The normalized spacial score (nSPS) is 19.6. The van der Waals surface area contributed by atoms with E-state index < -0.39 is 0 Å². The van der Waals surface area contributed by atoms with Gasteiger partial charge in [-0.25, -0.2) is 0 Å². The van der Waals surface area contributed by atoms with Crippen LogP contribution in [0.15, 0.2) is 4.42 Å². The Morgan fingerprint density at radius 3 is 2.65 bits per heavy atom. The zero-order valence-corrected chi connectivity index (χ0v) is 11.0. The minimum Gasteiger partial charge on any atom is -0.407 e. The monoisotopic (exact) mass is 238 g/mol. The molecule has 17 heavy (non-hydrogen) atoms. The highest BCUT2D eigenvalue weighted by Gasteiger charge is 2.27. The van der Waals surface area contributed by atoms with Crippen LogP contribution in [-0.4, -0.2) is 29.8 Å². The van der Waals surface area contributed by atoms with Gasteiger partial charge < -0.3 is 14.6 Å². The molecule has 0 aliphatic carbocycles. The molecular formula is C12H22N4O. The lowest BCUT2D eigenvalue weighted by Gasteiger charge is -2.35. The van der Waals surface area contributed by atoms with Crippen LogP contribution in [0.1, 0.15) is 39.5 Å². The van der Waals surface area contributed by atoms with Gasteiger partial charge in [0.2, 0.25) is 5.89 Å². The van der Waals surface area contributed by atoms with E-state index in [1.54, 1.807) is 0 Å². The molecule has 0 spiro atoms. The summed E-state index contributed by atoms with van der Waals surface area (Å²) < 4.78 is 5.63. The molecule has 2 heterocycles. The fraction of sp³-hybridized carbons (Fsp3) is 0.833. The summed E-state index contributed by atoms with van der Waals surface area (Å²) in [7, 11) is 0. The largest absolute Gasteiger partial charge is 0.407 e. The van der Waals surface area contributed by atoms with Gasteiger partial charge in [-0.05, 0) is 24.8 Å². The van der Waals surface area contributed by atoms with E-state index in [0.29, 0.717) is 23.9 Å². The Bertz CT molecular complexity index is 351. The quantitative estimate of drug-likeness (QED) is 0.867. The highest BCUT2D eigenvalue weighted by Crippen LogP contribution is 2.31. The maximum atomic E-state index is 5.63. The lowest BCUT2D eigenvalue weighted by Crippen LogP contribution is -2.37. The molecule has 1 aliphatic rings. The summed E-state index contributed by atoms with van der Waals surface area (Å²) in [5.74, 6) is 0.673. The van der Waals surface area contributed by atoms with Gasteiger partial charge in [0.15, 0.2) is 0 Å². The summed E-state index contributed by atoms with van der Waals surface area (Å²) in [6.45, 7) is 10.3. The van der Waals surface area contributed by atoms with Crippen molar-refractivity contribution in [1.29, 1.82) is 0 Å². The standard InChI is InChI=1S/C12H22N4O/c1-4-13-9-10-14-15-11(17-10)16-7-5-12(2,3)6-8-16/h13H,4-9H2,1-3H3. The fourth-order valence-electron chi connectivity index (χ4n) is 1.98. The van der Waals surface area contributed by atoms with Crippen LogP contribution in [0.5, 0.6) is 0 Å². The molecule has 1 saturated heterocycles. The number of aromatic nitrogens is 2. The Morgan fingerprint density at radius 1 is 1.29 bits per heavy atom. The lowest BCUT2D eigenvalue weighted by molar-refractivity contribution is 0.272. The topological polar surface area (TPSA) is 54.2 Å². The highest BCUT2D eigenvalue weighted by atomic mass is 16.4. The molecule has 5 nitrogen and oxygen atoms in total. The van der Waals surface area contributed by atoms with Crippen molar-refractivity contribution in [2.45, 2.75) is 40.2 Å². The van der Waals surface area contributed by atoms with E-state index in [2.05, 4.69) is 41.2 Å². The summed E-state index contributed by atoms with van der Waals surface area (Å²) >= 11 is 0. The molecule has 0 atom stereocenters. The lowest BCUT2D eigenvalue weighted by atomic mass is 9.83. The Hall–Kier alpha value is -1.10. The Kier molecular flexibility index (Phi) is 3.66. The van der Waals surface area contributed by atoms with E-state index >= 15 is 0 Å². The molecule has 0 bridgehead atoms. The van der Waals surface area contributed by atoms with E-state index in [9.17, 15) is 0 Å². The zero-order chi connectivity index (χ0) is 12.3. The van der Waals surface area contributed by atoms with Crippen molar-refractivity contribution < 1.29 is 4.42 Å². The van der Waals surface area contributed by atoms with Crippen molar-refractivity contribution in [1.82, 2.24) is 15.5 Å².